The number of piperazine rings is 1. The summed E-state index contributed by atoms with van der Waals surface area (Å²) in [4.78, 5) is 29.3. The SMILES string of the molecule is COc1cc(CN2CCN(Cc3ccc(C(=O)Nc4c(C(N)=O)oc5c(F)cc(F)cc45)o3)CC2)cc(OC)c1. The summed E-state index contributed by atoms with van der Waals surface area (Å²) in [6.07, 6.45) is 0. The molecule has 0 aliphatic carbocycles. The number of rotatable bonds is 9. The number of nitrogens with two attached hydrogens (primary N) is 1. The zero-order valence-corrected chi connectivity index (χ0v) is 22.0. The first-order valence-corrected chi connectivity index (χ1v) is 12.5. The van der Waals surface area contributed by atoms with Crippen molar-refractivity contribution in [2.75, 3.05) is 45.7 Å². The average molecular weight is 555 g/mol. The zero-order valence-electron chi connectivity index (χ0n) is 22.0. The first-order valence-electron chi connectivity index (χ1n) is 12.5. The van der Waals surface area contributed by atoms with Crippen molar-refractivity contribution in [3.05, 3.63) is 76.9 Å². The maximum Gasteiger partial charge on any atom is 0.291 e. The Kier molecular flexibility index (Phi) is 7.71. The summed E-state index contributed by atoms with van der Waals surface area (Å²) in [6.45, 7) is 4.52. The lowest BCUT2D eigenvalue weighted by molar-refractivity contribution is 0.0976. The van der Waals surface area contributed by atoms with Gasteiger partial charge in [0, 0.05) is 44.9 Å². The van der Waals surface area contributed by atoms with Gasteiger partial charge in [-0.15, -0.1) is 0 Å². The molecule has 40 heavy (non-hydrogen) atoms. The van der Waals surface area contributed by atoms with Gasteiger partial charge >= 0.3 is 0 Å². The largest absolute Gasteiger partial charge is 0.497 e. The number of carbonyl (C=O) groups is 2. The maximum atomic E-state index is 14.2. The van der Waals surface area contributed by atoms with Crippen molar-refractivity contribution in [1.82, 2.24) is 9.80 Å². The summed E-state index contributed by atoms with van der Waals surface area (Å²) in [5.41, 5.74) is 5.80. The molecule has 5 rings (SSSR count). The second-order valence-corrected chi connectivity index (χ2v) is 9.43. The van der Waals surface area contributed by atoms with Crippen LogP contribution in [-0.4, -0.2) is 62.0 Å². The summed E-state index contributed by atoms with van der Waals surface area (Å²) >= 11 is 0. The Hall–Kier alpha value is -4.42. The number of nitrogens with zero attached hydrogens (tertiary/aromatic N) is 2. The lowest BCUT2D eigenvalue weighted by Gasteiger charge is -2.34. The van der Waals surface area contributed by atoms with Crippen LogP contribution in [0.2, 0.25) is 0 Å². The van der Waals surface area contributed by atoms with Gasteiger partial charge in [-0.3, -0.25) is 19.4 Å². The second kappa shape index (κ2) is 11.4. The number of halogens is 2. The Morgan fingerprint density at radius 1 is 0.925 bits per heavy atom. The Labute approximate surface area is 228 Å². The van der Waals surface area contributed by atoms with Crippen molar-refractivity contribution in [1.29, 1.82) is 0 Å². The highest BCUT2D eigenvalue weighted by atomic mass is 19.1. The van der Waals surface area contributed by atoms with Gasteiger partial charge in [0.05, 0.1) is 26.2 Å². The van der Waals surface area contributed by atoms with E-state index in [2.05, 4.69) is 15.1 Å². The number of furan rings is 2. The molecule has 2 aromatic heterocycles. The van der Waals surface area contributed by atoms with E-state index in [1.807, 2.05) is 18.2 Å². The molecule has 0 radical (unpaired) electrons. The average Bonchev–Trinajstić information content (AvgIpc) is 3.55. The molecule has 1 aliphatic rings. The molecule has 3 N–H and O–H groups in total. The van der Waals surface area contributed by atoms with E-state index in [1.165, 1.54) is 6.07 Å². The fourth-order valence-electron chi connectivity index (χ4n) is 4.72. The maximum absolute atomic E-state index is 14.2. The van der Waals surface area contributed by atoms with E-state index in [1.54, 1.807) is 20.3 Å². The van der Waals surface area contributed by atoms with Crippen molar-refractivity contribution in [3.63, 3.8) is 0 Å². The molecule has 3 heterocycles. The number of fused-ring (bicyclic) bond motifs is 1. The van der Waals surface area contributed by atoms with E-state index in [-0.39, 0.29) is 16.8 Å². The third kappa shape index (κ3) is 5.77. The minimum atomic E-state index is -1.05. The van der Waals surface area contributed by atoms with Crippen LogP contribution in [0, 0.1) is 11.6 Å². The topological polar surface area (TPSA) is 123 Å². The quantitative estimate of drug-likeness (QED) is 0.318. The van der Waals surface area contributed by atoms with Gasteiger partial charge in [0.2, 0.25) is 5.76 Å². The fraction of sp³-hybridized carbons (Fsp3) is 0.286. The molecule has 10 nitrogen and oxygen atoms in total. The second-order valence-electron chi connectivity index (χ2n) is 9.43. The molecule has 0 unspecified atom stereocenters. The van der Waals surface area contributed by atoms with Gasteiger partial charge in [0.15, 0.2) is 17.2 Å². The molecular formula is C28H28F2N4O6. The summed E-state index contributed by atoms with van der Waals surface area (Å²) < 4.78 is 49.6. The van der Waals surface area contributed by atoms with Crippen molar-refractivity contribution in [3.8, 4) is 11.5 Å². The number of hydrogen-bond donors (Lipinski definition) is 2. The number of ether oxygens (including phenoxy) is 2. The normalized spacial score (nSPS) is 14.4. The predicted molar refractivity (Wildman–Crippen MR) is 141 cm³/mol. The number of anilines is 1. The minimum Gasteiger partial charge on any atom is -0.497 e. The van der Waals surface area contributed by atoms with Gasteiger partial charge in [0.1, 0.15) is 28.8 Å². The van der Waals surface area contributed by atoms with Crippen molar-refractivity contribution < 1.29 is 36.7 Å². The van der Waals surface area contributed by atoms with Gasteiger partial charge < -0.3 is 29.4 Å². The van der Waals surface area contributed by atoms with Crippen LogP contribution in [0.4, 0.5) is 14.5 Å². The number of hydrogen-bond acceptors (Lipinski definition) is 8. The molecule has 1 fully saturated rings. The molecule has 0 spiro atoms. The van der Waals surface area contributed by atoms with Crippen LogP contribution >= 0.6 is 0 Å². The number of methoxy groups -OCH3 is 2. The summed E-state index contributed by atoms with van der Waals surface area (Å²) in [7, 11) is 3.25. The monoisotopic (exact) mass is 554 g/mol. The molecule has 2 aromatic carbocycles. The highest BCUT2D eigenvalue weighted by Gasteiger charge is 2.25. The number of carbonyl (C=O) groups excluding carboxylic acids is 2. The van der Waals surface area contributed by atoms with Crippen LogP contribution in [0.15, 0.2) is 51.3 Å². The standard InChI is InChI=1S/C28H28F2N4O6/c1-37-19-9-16(10-20(13-19)38-2)14-33-5-7-34(8-6-33)15-18-3-4-23(39-18)28(36)32-24-21-11-17(29)12-22(30)25(21)40-26(24)27(31)35/h3-4,9-13H,5-8,14-15H2,1-2H3,(H2,31,35)(H,32,36). The molecule has 210 valence electrons. The lowest BCUT2D eigenvalue weighted by Crippen LogP contribution is -2.45. The Morgan fingerprint density at radius 2 is 1.57 bits per heavy atom. The Balaban J connectivity index is 1.20. The van der Waals surface area contributed by atoms with Gasteiger partial charge in [-0.05, 0) is 35.9 Å². The van der Waals surface area contributed by atoms with Crippen molar-refractivity contribution in [2.45, 2.75) is 13.1 Å². The summed E-state index contributed by atoms with van der Waals surface area (Å²) in [5, 5.41) is 2.32. The van der Waals surface area contributed by atoms with E-state index < -0.39 is 34.8 Å². The number of primary amides is 1. The van der Waals surface area contributed by atoms with Crippen LogP contribution in [0.25, 0.3) is 11.0 Å². The molecule has 1 aliphatic heterocycles. The smallest absolute Gasteiger partial charge is 0.291 e. The first kappa shape index (κ1) is 27.2. The summed E-state index contributed by atoms with van der Waals surface area (Å²) in [6, 6.07) is 10.6. The highest BCUT2D eigenvalue weighted by Crippen LogP contribution is 2.33. The van der Waals surface area contributed by atoms with Crippen molar-refractivity contribution >= 4 is 28.5 Å². The van der Waals surface area contributed by atoms with E-state index in [0.29, 0.717) is 18.4 Å². The fourth-order valence-corrected chi connectivity index (χ4v) is 4.72. The highest BCUT2D eigenvalue weighted by molar-refractivity contribution is 6.13. The molecule has 12 heteroatoms. The third-order valence-electron chi connectivity index (χ3n) is 6.72. The molecule has 4 aromatic rings. The minimum absolute atomic E-state index is 0.0396. The van der Waals surface area contributed by atoms with Crippen LogP contribution in [-0.2, 0) is 13.1 Å². The van der Waals surface area contributed by atoms with Crippen LogP contribution < -0.4 is 20.5 Å². The predicted octanol–water partition coefficient (Wildman–Crippen LogP) is 3.99. The van der Waals surface area contributed by atoms with E-state index in [9.17, 15) is 18.4 Å². The van der Waals surface area contributed by atoms with Gasteiger partial charge in [-0.2, -0.15) is 0 Å². The molecular weight excluding hydrogens is 526 g/mol. The number of nitrogens with one attached hydrogen (secondary N) is 1. The van der Waals surface area contributed by atoms with E-state index in [0.717, 1.165) is 55.9 Å². The lowest BCUT2D eigenvalue weighted by atomic mass is 10.1. The molecule has 1 saturated heterocycles. The van der Waals surface area contributed by atoms with Gasteiger partial charge in [-0.1, -0.05) is 0 Å². The number of amides is 2. The van der Waals surface area contributed by atoms with Crippen molar-refractivity contribution in [2.24, 2.45) is 5.73 Å². The summed E-state index contributed by atoms with van der Waals surface area (Å²) in [5.74, 6) is -2.17. The molecule has 2 amide bonds. The van der Waals surface area contributed by atoms with Crippen LogP contribution in [0.3, 0.4) is 0 Å². The van der Waals surface area contributed by atoms with Gasteiger partial charge in [-0.25, -0.2) is 8.78 Å². The molecule has 0 atom stereocenters. The van der Waals surface area contributed by atoms with Gasteiger partial charge in [0.25, 0.3) is 11.8 Å². The van der Waals surface area contributed by atoms with Crippen LogP contribution in [0.1, 0.15) is 32.4 Å². The van der Waals surface area contributed by atoms with E-state index >= 15 is 0 Å². The number of benzene rings is 2. The third-order valence-corrected chi connectivity index (χ3v) is 6.72. The Morgan fingerprint density at radius 3 is 2.20 bits per heavy atom. The zero-order chi connectivity index (χ0) is 28.4. The van der Waals surface area contributed by atoms with E-state index in [4.69, 9.17) is 24.0 Å². The first-order chi connectivity index (χ1) is 19.2. The van der Waals surface area contributed by atoms with Crippen LogP contribution in [0.5, 0.6) is 11.5 Å². The molecule has 0 bridgehead atoms. The Bertz CT molecular complexity index is 1540. The molecule has 0 saturated carbocycles.